The van der Waals surface area contributed by atoms with Crippen LogP contribution >= 0.6 is 0 Å². The predicted molar refractivity (Wildman–Crippen MR) is 193 cm³/mol. The third-order valence-corrected chi connectivity index (χ3v) is 9.68. The van der Waals surface area contributed by atoms with E-state index in [0.29, 0.717) is 6.10 Å². The summed E-state index contributed by atoms with van der Waals surface area (Å²) in [7, 11) is 0. The summed E-state index contributed by atoms with van der Waals surface area (Å²) in [6.07, 6.45) is 47.6. The molecule has 2 heteroatoms. The van der Waals surface area contributed by atoms with E-state index in [1.807, 2.05) is 0 Å². The van der Waals surface area contributed by atoms with Gasteiger partial charge < -0.3 is 10.5 Å². The number of ether oxygens (including phenoxy) is 1. The maximum Gasteiger partial charge on any atom is 0.0687 e. The Bertz CT molecular complexity index is 660. The predicted octanol–water partition coefficient (Wildman–Crippen LogP) is 13.2. The van der Waals surface area contributed by atoms with E-state index in [-0.39, 0.29) is 5.60 Å². The molecule has 0 radical (unpaired) electrons. The Hall–Kier alpha value is -0.780. The lowest BCUT2D eigenvalue weighted by Gasteiger charge is -2.30. The van der Waals surface area contributed by atoms with Gasteiger partial charge >= 0.3 is 0 Å². The molecule has 0 spiro atoms. The molecule has 2 atom stereocenters. The van der Waals surface area contributed by atoms with Gasteiger partial charge in [-0.3, -0.25) is 0 Å². The van der Waals surface area contributed by atoms with E-state index in [2.05, 4.69) is 37.8 Å². The summed E-state index contributed by atoms with van der Waals surface area (Å²) in [5.41, 5.74) is 5.97. The summed E-state index contributed by atoms with van der Waals surface area (Å²) in [5, 5.41) is 0. The average Bonchev–Trinajstić information content (AvgIpc) is 3.43. The van der Waals surface area contributed by atoms with Gasteiger partial charge in [0.15, 0.2) is 0 Å². The molecule has 0 aromatic rings. The van der Waals surface area contributed by atoms with Gasteiger partial charge in [0, 0.05) is 12.8 Å². The van der Waals surface area contributed by atoms with E-state index >= 15 is 0 Å². The first kappa shape index (κ1) is 40.2. The quantitative estimate of drug-likeness (QED) is 0.0488. The summed E-state index contributed by atoms with van der Waals surface area (Å²) in [4.78, 5) is 0. The van der Waals surface area contributed by atoms with Crippen LogP contribution in [0.3, 0.4) is 0 Å². The van der Waals surface area contributed by atoms with Gasteiger partial charge in [-0.1, -0.05) is 142 Å². The van der Waals surface area contributed by atoms with Crippen molar-refractivity contribution in [1.29, 1.82) is 0 Å². The molecule has 0 aromatic carbocycles. The second-order valence-electron chi connectivity index (χ2n) is 13.9. The second kappa shape index (κ2) is 31.2. The third kappa shape index (κ3) is 25.1. The topological polar surface area (TPSA) is 35.2 Å². The maximum atomic E-state index is 6.81. The molecule has 2 unspecified atom stereocenters. The zero-order valence-electron chi connectivity index (χ0n) is 29.6. The summed E-state index contributed by atoms with van der Waals surface area (Å²) >= 11 is 0. The summed E-state index contributed by atoms with van der Waals surface area (Å²) in [6, 6.07) is 0. The number of nitrogens with two attached hydrogens (primary N) is 1. The van der Waals surface area contributed by atoms with Crippen LogP contribution in [-0.2, 0) is 4.74 Å². The third-order valence-electron chi connectivity index (χ3n) is 9.68. The van der Waals surface area contributed by atoms with Crippen molar-refractivity contribution in [1.82, 2.24) is 0 Å². The van der Waals surface area contributed by atoms with Crippen LogP contribution < -0.4 is 5.73 Å². The van der Waals surface area contributed by atoms with Gasteiger partial charge in [0.1, 0.15) is 0 Å². The lowest BCUT2D eigenvalue weighted by molar-refractivity contribution is -0.0574. The normalized spacial score (nSPS) is 18.4. The molecule has 0 aromatic heterocycles. The van der Waals surface area contributed by atoms with Crippen LogP contribution in [0.2, 0.25) is 0 Å². The molecule has 2 nitrogen and oxygen atoms in total. The molecule has 1 heterocycles. The summed E-state index contributed by atoms with van der Waals surface area (Å²) in [6.45, 7) is 5.38. The molecule has 1 rings (SSSR count). The number of hydrogen-bond acceptors (Lipinski definition) is 2. The summed E-state index contributed by atoms with van der Waals surface area (Å²) < 4.78 is 6.81. The lowest BCUT2D eigenvalue weighted by Crippen LogP contribution is -2.29. The second-order valence-corrected chi connectivity index (χ2v) is 13.9. The molecule has 0 amide bonds. The van der Waals surface area contributed by atoms with Crippen LogP contribution in [0.1, 0.15) is 219 Å². The van der Waals surface area contributed by atoms with Crippen LogP contribution in [0.5, 0.6) is 0 Å². The molecular formula is C41H77NO. The fourth-order valence-electron chi connectivity index (χ4n) is 6.82. The molecule has 2 N–H and O–H groups in total. The van der Waals surface area contributed by atoms with E-state index in [0.717, 1.165) is 32.2 Å². The first-order chi connectivity index (χ1) is 21.3. The van der Waals surface area contributed by atoms with Crippen LogP contribution in [-0.4, -0.2) is 18.2 Å². The van der Waals surface area contributed by atoms with Gasteiger partial charge in [-0.2, -0.15) is 0 Å². The van der Waals surface area contributed by atoms with Crippen molar-refractivity contribution in [3.05, 3.63) is 12.2 Å². The molecule has 252 valence electrons. The Kier molecular flexibility index (Phi) is 29.2. The molecule has 1 saturated heterocycles. The monoisotopic (exact) mass is 600 g/mol. The zero-order valence-corrected chi connectivity index (χ0v) is 29.6. The van der Waals surface area contributed by atoms with E-state index in [1.54, 1.807) is 0 Å². The lowest BCUT2D eigenvalue weighted by atomic mass is 9.87. The summed E-state index contributed by atoms with van der Waals surface area (Å²) in [5.74, 6) is 6.85. The van der Waals surface area contributed by atoms with Gasteiger partial charge in [-0.25, -0.2) is 0 Å². The first-order valence-electron chi connectivity index (χ1n) is 19.7. The van der Waals surface area contributed by atoms with E-state index < -0.39 is 0 Å². The van der Waals surface area contributed by atoms with Crippen LogP contribution in [0.4, 0.5) is 0 Å². The SMILES string of the molecule is CCCCCCCCC#CCCCCCCCC1(CCCCCCC/C=C\CCCCCCCC)CCC(CCCN)O1. The zero-order chi connectivity index (χ0) is 30.9. The van der Waals surface area contributed by atoms with Crippen molar-refractivity contribution in [3.63, 3.8) is 0 Å². The molecular weight excluding hydrogens is 522 g/mol. The van der Waals surface area contributed by atoms with Gasteiger partial charge in [0.25, 0.3) is 0 Å². The Morgan fingerprint density at radius 1 is 0.581 bits per heavy atom. The molecule has 1 aliphatic rings. The highest BCUT2D eigenvalue weighted by Gasteiger charge is 2.38. The number of unbranched alkanes of at least 4 members (excludes halogenated alkanes) is 22. The van der Waals surface area contributed by atoms with Crippen molar-refractivity contribution in [2.45, 2.75) is 231 Å². The maximum absolute atomic E-state index is 6.81. The van der Waals surface area contributed by atoms with Crippen LogP contribution in [0.15, 0.2) is 12.2 Å². The van der Waals surface area contributed by atoms with Crippen molar-refractivity contribution < 1.29 is 4.74 Å². The minimum atomic E-state index is 0.167. The first-order valence-corrected chi connectivity index (χ1v) is 19.7. The molecule has 1 fully saturated rings. The highest BCUT2D eigenvalue weighted by atomic mass is 16.5. The van der Waals surface area contributed by atoms with Crippen molar-refractivity contribution in [2.75, 3.05) is 6.54 Å². The van der Waals surface area contributed by atoms with E-state index in [4.69, 9.17) is 10.5 Å². The Balaban J connectivity index is 2.12. The highest BCUT2D eigenvalue weighted by molar-refractivity contribution is 4.98. The Morgan fingerprint density at radius 3 is 1.51 bits per heavy atom. The van der Waals surface area contributed by atoms with E-state index in [1.165, 1.54) is 180 Å². The van der Waals surface area contributed by atoms with Gasteiger partial charge in [-0.05, 0) is 83.6 Å². The molecule has 0 aliphatic carbocycles. The highest BCUT2D eigenvalue weighted by Crippen LogP contribution is 2.40. The van der Waals surface area contributed by atoms with Crippen molar-refractivity contribution in [3.8, 4) is 11.8 Å². The average molecular weight is 600 g/mol. The largest absolute Gasteiger partial charge is 0.372 e. The van der Waals surface area contributed by atoms with Gasteiger partial charge in [0.05, 0.1) is 11.7 Å². The minimum Gasteiger partial charge on any atom is -0.372 e. The van der Waals surface area contributed by atoms with Gasteiger partial charge in [0.2, 0.25) is 0 Å². The molecule has 0 bridgehead atoms. The molecule has 1 aliphatic heterocycles. The fraction of sp³-hybridized carbons (Fsp3) is 0.902. The van der Waals surface area contributed by atoms with E-state index in [9.17, 15) is 0 Å². The standard InChI is InChI=1S/C41H77NO/c1-3-5-7-9-11-13-15-17-19-21-23-25-27-29-31-36-41(38-35-40(43-41)34-33-39-42)37-32-30-28-26-24-22-20-18-16-14-12-10-8-6-4-2/h17,19,40H,3-16,21-39,42H2,1-2H3/b19-17-. The van der Waals surface area contributed by atoms with Crippen molar-refractivity contribution in [2.24, 2.45) is 5.73 Å². The number of hydrogen-bond donors (Lipinski definition) is 1. The smallest absolute Gasteiger partial charge is 0.0687 e. The Labute approximate surface area is 271 Å². The minimum absolute atomic E-state index is 0.167. The van der Waals surface area contributed by atoms with Crippen LogP contribution in [0, 0.1) is 11.8 Å². The number of allylic oxidation sites excluding steroid dienone is 2. The molecule has 43 heavy (non-hydrogen) atoms. The fourth-order valence-corrected chi connectivity index (χ4v) is 6.82. The van der Waals surface area contributed by atoms with Crippen LogP contribution in [0.25, 0.3) is 0 Å². The number of rotatable bonds is 31. The Morgan fingerprint density at radius 2 is 1.02 bits per heavy atom. The van der Waals surface area contributed by atoms with Gasteiger partial charge in [-0.15, -0.1) is 11.8 Å². The molecule has 0 saturated carbocycles. The van der Waals surface area contributed by atoms with Crippen molar-refractivity contribution >= 4 is 0 Å².